The van der Waals surface area contributed by atoms with E-state index >= 15 is 0 Å². The summed E-state index contributed by atoms with van der Waals surface area (Å²) in [5, 5.41) is 3.00. The van der Waals surface area contributed by atoms with E-state index in [1.165, 1.54) is 5.56 Å². The topological polar surface area (TPSA) is 58.4 Å². The van der Waals surface area contributed by atoms with Gasteiger partial charge in [0.2, 0.25) is 5.91 Å². The Bertz CT molecular complexity index is 506. The zero-order valence-electron chi connectivity index (χ0n) is 13.1. The van der Waals surface area contributed by atoms with Crippen LogP contribution in [0.3, 0.4) is 0 Å². The van der Waals surface area contributed by atoms with E-state index in [1.54, 1.807) is 0 Å². The number of halogens is 1. The summed E-state index contributed by atoms with van der Waals surface area (Å²) >= 11 is 0. The lowest BCUT2D eigenvalue weighted by atomic mass is 9.90. The van der Waals surface area contributed by atoms with Gasteiger partial charge in [0.15, 0.2) is 0 Å². The molecular weight excluding hydrogens is 286 g/mol. The molecule has 21 heavy (non-hydrogen) atoms. The summed E-state index contributed by atoms with van der Waals surface area (Å²) in [5.74, 6) is 0.0539. The van der Waals surface area contributed by atoms with Gasteiger partial charge in [-0.3, -0.25) is 9.69 Å². The quantitative estimate of drug-likeness (QED) is 0.897. The lowest BCUT2D eigenvalue weighted by Gasteiger charge is -2.22. The number of benzene rings is 1. The van der Waals surface area contributed by atoms with Gasteiger partial charge in [-0.1, -0.05) is 24.6 Å². The molecule has 5 heteroatoms. The van der Waals surface area contributed by atoms with Crippen LogP contribution in [-0.2, 0) is 4.79 Å². The van der Waals surface area contributed by atoms with Crippen molar-refractivity contribution in [3.63, 3.8) is 0 Å². The number of nitrogens with two attached hydrogens (primary N) is 1. The summed E-state index contributed by atoms with van der Waals surface area (Å²) in [4.78, 5) is 14.3. The van der Waals surface area contributed by atoms with Crippen LogP contribution in [0.5, 0.6) is 0 Å². The fraction of sp³-hybridized carbons (Fsp3) is 0.562. The smallest absolute Gasteiger partial charge is 0.238 e. The molecule has 4 nitrogen and oxygen atoms in total. The van der Waals surface area contributed by atoms with Crippen LogP contribution in [-0.4, -0.2) is 37.0 Å². The Labute approximate surface area is 133 Å². The molecule has 1 fully saturated rings. The van der Waals surface area contributed by atoms with E-state index < -0.39 is 0 Å². The number of nitrogens with zero attached hydrogens (tertiary/aromatic N) is 1. The van der Waals surface area contributed by atoms with E-state index in [0.29, 0.717) is 13.1 Å². The molecule has 1 saturated heterocycles. The molecule has 1 unspecified atom stereocenters. The fourth-order valence-corrected chi connectivity index (χ4v) is 2.77. The zero-order chi connectivity index (χ0) is 14.8. The Balaban J connectivity index is 0.00000220. The van der Waals surface area contributed by atoms with Gasteiger partial charge in [0.25, 0.3) is 0 Å². The molecule has 0 aromatic heterocycles. The predicted octanol–water partition coefficient (Wildman–Crippen LogP) is 2.33. The third kappa shape index (κ3) is 4.70. The van der Waals surface area contributed by atoms with Gasteiger partial charge in [0, 0.05) is 12.2 Å². The molecule has 1 heterocycles. The Morgan fingerprint density at radius 3 is 2.71 bits per heavy atom. The molecule has 0 bridgehead atoms. The van der Waals surface area contributed by atoms with E-state index in [2.05, 4.69) is 30.1 Å². The van der Waals surface area contributed by atoms with Gasteiger partial charge in [-0.25, -0.2) is 0 Å². The average molecular weight is 312 g/mol. The van der Waals surface area contributed by atoms with Crippen LogP contribution >= 0.6 is 12.4 Å². The number of nitrogens with one attached hydrogen (secondary N) is 1. The molecule has 0 aliphatic carbocycles. The van der Waals surface area contributed by atoms with Crippen molar-refractivity contribution in [2.75, 3.05) is 31.5 Å². The minimum atomic E-state index is 0. The van der Waals surface area contributed by atoms with E-state index in [9.17, 15) is 4.79 Å². The Kier molecular flexibility index (Phi) is 6.20. The van der Waals surface area contributed by atoms with Crippen LogP contribution in [0.25, 0.3) is 0 Å². The maximum absolute atomic E-state index is 12.1. The summed E-state index contributed by atoms with van der Waals surface area (Å²) < 4.78 is 0. The maximum atomic E-state index is 12.1. The number of hydrogen-bond acceptors (Lipinski definition) is 3. The summed E-state index contributed by atoms with van der Waals surface area (Å²) in [6.07, 6.45) is 1.07. The van der Waals surface area contributed by atoms with Gasteiger partial charge in [-0.2, -0.15) is 0 Å². The number of hydrogen-bond donors (Lipinski definition) is 2. The number of aryl methyl sites for hydroxylation is 2. The number of amides is 1. The molecule has 1 aromatic rings. The monoisotopic (exact) mass is 311 g/mol. The first-order valence-corrected chi connectivity index (χ1v) is 7.21. The van der Waals surface area contributed by atoms with Crippen LogP contribution in [0.4, 0.5) is 5.69 Å². The second-order valence-corrected chi connectivity index (χ2v) is 6.34. The number of carbonyl (C=O) groups excluding carboxylic acids is 1. The van der Waals surface area contributed by atoms with Crippen LogP contribution in [0.2, 0.25) is 0 Å². The third-order valence-corrected chi connectivity index (χ3v) is 4.15. The van der Waals surface area contributed by atoms with Gasteiger partial charge in [0.05, 0.1) is 6.54 Å². The fourth-order valence-electron chi connectivity index (χ4n) is 2.77. The number of rotatable bonds is 4. The molecule has 0 saturated carbocycles. The summed E-state index contributed by atoms with van der Waals surface area (Å²) in [7, 11) is 0. The normalized spacial score (nSPS) is 21.9. The van der Waals surface area contributed by atoms with Crippen molar-refractivity contribution in [3.8, 4) is 0 Å². The Morgan fingerprint density at radius 1 is 1.43 bits per heavy atom. The minimum Gasteiger partial charge on any atom is -0.330 e. The van der Waals surface area contributed by atoms with E-state index in [4.69, 9.17) is 5.73 Å². The molecule has 3 N–H and O–H groups in total. The van der Waals surface area contributed by atoms with Crippen LogP contribution in [0, 0.1) is 19.3 Å². The molecule has 1 atom stereocenters. The molecule has 1 aliphatic rings. The first-order chi connectivity index (χ1) is 9.42. The number of likely N-dealkylation sites (tertiary alicyclic amines) is 1. The first kappa shape index (κ1) is 18.0. The second kappa shape index (κ2) is 7.25. The van der Waals surface area contributed by atoms with Crippen LogP contribution in [0.15, 0.2) is 18.2 Å². The maximum Gasteiger partial charge on any atom is 0.238 e. The lowest BCUT2D eigenvalue weighted by Crippen LogP contribution is -2.35. The Morgan fingerprint density at radius 2 is 2.14 bits per heavy atom. The highest BCUT2D eigenvalue weighted by molar-refractivity contribution is 5.93. The van der Waals surface area contributed by atoms with E-state index in [0.717, 1.165) is 30.8 Å². The molecule has 0 spiro atoms. The molecule has 2 rings (SSSR count). The van der Waals surface area contributed by atoms with Gasteiger partial charge in [-0.05, 0) is 50.4 Å². The zero-order valence-corrected chi connectivity index (χ0v) is 13.9. The van der Waals surface area contributed by atoms with Crippen molar-refractivity contribution in [1.82, 2.24) is 4.90 Å². The molecule has 118 valence electrons. The van der Waals surface area contributed by atoms with Crippen LogP contribution < -0.4 is 11.1 Å². The van der Waals surface area contributed by atoms with Gasteiger partial charge >= 0.3 is 0 Å². The highest BCUT2D eigenvalue weighted by atomic mass is 35.5. The van der Waals surface area contributed by atoms with Crippen LogP contribution in [0.1, 0.15) is 24.5 Å². The highest BCUT2D eigenvalue weighted by Gasteiger charge is 2.33. The first-order valence-electron chi connectivity index (χ1n) is 7.21. The predicted molar refractivity (Wildman–Crippen MR) is 90.0 cm³/mol. The van der Waals surface area contributed by atoms with Crippen molar-refractivity contribution in [1.29, 1.82) is 0 Å². The molecule has 1 aliphatic heterocycles. The van der Waals surface area contributed by atoms with Crippen molar-refractivity contribution in [3.05, 3.63) is 29.3 Å². The number of carbonyl (C=O) groups is 1. The van der Waals surface area contributed by atoms with E-state index in [-0.39, 0.29) is 23.7 Å². The lowest BCUT2D eigenvalue weighted by molar-refractivity contribution is -0.117. The molecular formula is C16H26ClN3O. The minimum absolute atomic E-state index is 0. The summed E-state index contributed by atoms with van der Waals surface area (Å²) in [5.41, 5.74) is 9.17. The van der Waals surface area contributed by atoms with Gasteiger partial charge in [-0.15, -0.1) is 12.4 Å². The van der Waals surface area contributed by atoms with E-state index in [1.807, 2.05) is 19.1 Å². The SMILES string of the molecule is Cc1ccc(NC(=O)CN2CCC(C)(CN)C2)c(C)c1.Cl. The Hall–Kier alpha value is -1.10. The standard InChI is InChI=1S/C16H25N3O.ClH/c1-12-4-5-14(13(2)8-12)18-15(20)9-19-7-6-16(3,10-17)11-19;/h4-5,8H,6-7,9-11,17H2,1-3H3,(H,18,20);1H. The van der Waals surface area contributed by atoms with Crippen molar-refractivity contribution >= 4 is 24.0 Å². The summed E-state index contributed by atoms with van der Waals surface area (Å²) in [6, 6.07) is 6.07. The third-order valence-electron chi connectivity index (χ3n) is 4.15. The molecule has 0 radical (unpaired) electrons. The average Bonchev–Trinajstić information content (AvgIpc) is 2.75. The van der Waals surface area contributed by atoms with Gasteiger partial charge in [0.1, 0.15) is 0 Å². The molecule has 1 aromatic carbocycles. The van der Waals surface area contributed by atoms with Crippen molar-refractivity contribution in [2.24, 2.45) is 11.1 Å². The van der Waals surface area contributed by atoms with Crippen molar-refractivity contribution in [2.45, 2.75) is 27.2 Å². The van der Waals surface area contributed by atoms with Gasteiger partial charge < -0.3 is 11.1 Å². The largest absolute Gasteiger partial charge is 0.330 e. The summed E-state index contributed by atoms with van der Waals surface area (Å²) in [6.45, 7) is 9.25. The number of anilines is 1. The molecule has 1 amide bonds. The second-order valence-electron chi connectivity index (χ2n) is 6.34. The highest BCUT2D eigenvalue weighted by Crippen LogP contribution is 2.28. The van der Waals surface area contributed by atoms with Crippen molar-refractivity contribution < 1.29 is 4.79 Å².